The third kappa shape index (κ3) is 28.9. The maximum Gasteiger partial charge on any atom is 0.250 e. The fourth-order valence-corrected chi connectivity index (χ4v) is 5.62. The van der Waals surface area contributed by atoms with Gasteiger partial charge >= 0.3 is 0 Å². The van der Waals surface area contributed by atoms with Crippen molar-refractivity contribution in [3.8, 4) is 0 Å². The first-order valence-electron chi connectivity index (χ1n) is 19.2. The predicted molar refractivity (Wildman–Crippen MR) is 194 cm³/mol. The number of likely N-dealkylation sites (N-methyl/N-ethyl adjacent to an activating group) is 3. The van der Waals surface area contributed by atoms with E-state index >= 15 is 0 Å². The Morgan fingerprint density at radius 1 is 0.457 bits per heavy atom. The summed E-state index contributed by atoms with van der Waals surface area (Å²) in [6, 6.07) is 0. The zero-order valence-corrected chi connectivity index (χ0v) is 31.0. The van der Waals surface area contributed by atoms with Crippen molar-refractivity contribution >= 4 is 11.8 Å². The number of aliphatic hydroxyl groups is 2. The van der Waals surface area contributed by atoms with Gasteiger partial charge in [-0.15, -0.1) is 0 Å². The Labute approximate surface area is 284 Å². The molecule has 9 nitrogen and oxygen atoms in total. The SMILES string of the molecule is CCCCCCCCCCCCNC(=O)C(O)CN(C)CCN(C)CCN(C)CC(O)C(=O)NCCCCCCCCCCCC. The van der Waals surface area contributed by atoms with Crippen LogP contribution in [0.3, 0.4) is 0 Å². The van der Waals surface area contributed by atoms with Crippen LogP contribution in [-0.2, 0) is 9.59 Å². The van der Waals surface area contributed by atoms with Crippen molar-refractivity contribution in [3.05, 3.63) is 0 Å². The van der Waals surface area contributed by atoms with Crippen molar-refractivity contribution in [2.45, 2.75) is 154 Å². The van der Waals surface area contributed by atoms with Gasteiger partial charge in [0.2, 0.25) is 11.8 Å². The normalized spacial score (nSPS) is 13.1. The molecule has 0 bridgehead atoms. The summed E-state index contributed by atoms with van der Waals surface area (Å²) in [5.41, 5.74) is 0. The molecular formula is C37H77N5O4. The Morgan fingerprint density at radius 2 is 0.717 bits per heavy atom. The lowest BCUT2D eigenvalue weighted by Gasteiger charge is -2.26. The molecule has 2 unspecified atom stereocenters. The Kier molecular flexibility index (Phi) is 31.4. The van der Waals surface area contributed by atoms with Gasteiger partial charge < -0.3 is 35.5 Å². The fourth-order valence-electron chi connectivity index (χ4n) is 5.62. The van der Waals surface area contributed by atoms with Crippen molar-refractivity contribution in [2.75, 3.05) is 73.5 Å². The van der Waals surface area contributed by atoms with Crippen LogP contribution in [0, 0.1) is 0 Å². The molecule has 0 radical (unpaired) electrons. The Morgan fingerprint density at radius 3 is 1.02 bits per heavy atom. The van der Waals surface area contributed by atoms with Gasteiger partial charge in [0.15, 0.2) is 0 Å². The molecular weight excluding hydrogens is 578 g/mol. The van der Waals surface area contributed by atoms with Gasteiger partial charge in [-0.3, -0.25) is 9.59 Å². The lowest BCUT2D eigenvalue weighted by Crippen LogP contribution is -2.45. The summed E-state index contributed by atoms with van der Waals surface area (Å²) in [7, 11) is 5.87. The number of unbranched alkanes of at least 4 members (excludes halogenated alkanes) is 18. The van der Waals surface area contributed by atoms with Crippen LogP contribution < -0.4 is 10.6 Å². The first-order valence-corrected chi connectivity index (χ1v) is 19.2. The van der Waals surface area contributed by atoms with Gasteiger partial charge in [-0.25, -0.2) is 0 Å². The Hall–Kier alpha value is -1.26. The predicted octanol–water partition coefficient (Wildman–Crippen LogP) is 5.58. The zero-order valence-electron chi connectivity index (χ0n) is 31.0. The molecule has 0 fully saturated rings. The summed E-state index contributed by atoms with van der Waals surface area (Å²) < 4.78 is 0. The zero-order chi connectivity index (χ0) is 34.3. The van der Waals surface area contributed by atoms with Crippen molar-refractivity contribution in [2.24, 2.45) is 0 Å². The maximum absolute atomic E-state index is 12.3. The average molecular weight is 656 g/mol. The van der Waals surface area contributed by atoms with E-state index in [1.165, 1.54) is 103 Å². The number of rotatable bonds is 34. The van der Waals surface area contributed by atoms with E-state index < -0.39 is 12.2 Å². The molecule has 274 valence electrons. The molecule has 0 saturated heterocycles. The second-order valence-electron chi connectivity index (χ2n) is 13.8. The molecule has 0 aliphatic rings. The molecule has 0 heterocycles. The molecule has 0 aromatic carbocycles. The Bertz CT molecular complexity index is 643. The lowest BCUT2D eigenvalue weighted by atomic mass is 10.1. The molecule has 0 aromatic rings. The van der Waals surface area contributed by atoms with Crippen molar-refractivity contribution in [1.29, 1.82) is 0 Å². The van der Waals surface area contributed by atoms with E-state index in [2.05, 4.69) is 29.4 Å². The number of carbonyl (C=O) groups is 2. The van der Waals surface area contributed by atoms with Crippen LogP contribution in [0.1, 0.15) is 142 Å². The summed E-state index contributed by atoms with van der Waals surface area (Å²) in [5, 5.41) is 26.4. The van der Waals surface area contributed by atoms with Gasteiger partial charge in [-0.05, 0) is 34.0 Å². The minimum absolute atomic E-state index is 0.288. The van der Waals surface area contributed by atoms with E-state index in [-0.39, 0.29) is 11.8 Å². The fraction of sp³-hybridized carbons (Fsp3) is 0.946. The van der Waals surface area contributed by atoms with Crippen LogP contribution in [-0.4, -0.2) is 122 Å². The number of hydrogen-bond acceptors (Lipinski definition) is 7. The minimum Gasteiger partial charge on any atom is -0.382 e. The first kappa shape index (κ1) is 44.7. The second-order valence-corrected chi connectivity index (χ2v) is 13.8. The van der Waals surface area contributed by atoms with Gasteiger partial charge in [0, 0.05) is 52.4 Å². The summed E-state index contributed by atoms with van der Waals surface area (Å²) in [6.07, 6.45) is 23.1. The third-order valence-electron chi connectivity index (χ3n) is 8.96. The van der Waals surface area contributed by atoms with Crippen LogP contribution in [0.5, 0.6) is 0 Å². The van der Waals surface area contributed by atoms with Gasteiger partial charge in [-0.2, -0.15) is 0 Å². The summed E-state index contributed by atoms with van der Waals surface area (Å²) in [5.74, 6) is -0.576. The molecule has 0 rings (SSSR count). The third-order valence-corrected chi connectivity index (χ3v) is 8.96. The average Bonchev–Trinajstić information content (AvgIpc) is 3.03. The van der Waals surface area contributed by atoms with Crippen LogP contribution in [0.2, 0.25) is 0 Å². The lowest BCUT2D eigenvalue weighted by molar-refractivity contribution is -0.130. The summed E-state index contributed by atoms with van der Waals surface area (Å²) in [6.45, 7) is 9.40. The minimum atomic E-state index is -1.03. The van der Waals surface area contributed by atoms with Crippen molar-refractivity contribution in [3.63, 3.8) is 0 Å². The highest BCUT2D eigenvalue weighted by molar-refractivity contribution is 5.81. The van der Waals surface area contributed by atoms with Crippen molar-refractivity contribution in [1.82, 2.24) is 25.3 Å². The van der Waals surface area contributed by atoms with Gasteiger partial charge in [0.05, 0.1) is 0 Å². The molecule has 0 aromatic heterocycles. The smallest absolute Gasteiger partial charge is 0.250 e. The van der Waals surface area contributed by atoms with Gasteiger partial charge in [-0.1, -0.05) is 129 Å². The van der Waals surface area contributed by atoms with E-state index in [1.807, 2.05) is 30.9 Å². The highest BCUT2D eigenvalue weighted by Gasteiger charge is 2.18. The molecule has 46 heavy (non-hydrogen) atoms. The monoisotopic (exact) mass is 656 g/mol. The molecule has 4 N–H and O–H groups in total. The number of carbonyl (C=O) groups excluding carboxylic acids is 2. The topological polar surface area (TPSA) is 108 Å². The van der Waals surface area contributed by atoms with Crippen molar-refractivity contribution < 1.29 is 19.8 Å². The van der Waals surface area contributed by atoms with Gasteiger partial charge in [0.25, 0.3) is 0 Å². The number of hydrogen-bond donors (Lipinski definition) is 4. The number of amides is 2. The molecule has 0 saturated carbocycles. The number of nitrogens with one attached hydrogen (secondary N) is 2. The van der Waals surface area contributed by atoms with Crippen LogP contribution in [0.15, 0.2) is 0 Å². The summed E-state index contributed by atoms with van der Waals surface area (Å²) >= 11 is 0. The standard InChI is InChI=1S/C37H77N5O4/c1-6-8-10-12-14-16-18-20-22-24-26-38-36(45)34(43)32-41(4)30-28-40(3)29-31-42(5)33-35(44)37(46)39-27-25-23-21-19-17-15-13-11-9-7-2/h34-35,43-44H,6-33H2,1-5H3,(H,38,45)(H,39,46). The maximum atomic E-state index is 12.3. The van der Waals surface area contributed by atoms with E-state index in [1.54, 1.807) is 0 Å². The molecule has 0 aliphatic heterocycles. The molecule has 0 spiro atoms. The van der Waals surface area contributed by atoms with Crippen LogP contribution >= 0.6 is 0 Å². The van der Waals surface area contributed by atoms with Crippen LogP contribution in [0.4, 0.5) is 0 Å². The van der Waals surface area contributed by atoms with Gasteiger partial charge in [0.1, 0.15) is 12.2 Å². The number of aliphatic hydroxyl groups excluding tert-OH is 2. The van der Waals surface area contributed by atoms with E-state index in [9.17, 15) is 19.8 Å². The molecule has 9 heteroatoms. The molecule has 2 atom stereocenters. The first-order chi connectivity index (χ1) is 22.2. The van der Waals surface area contributed by atoms with Crippen LogP contribution in [0.25, 0.3) is 0 Å². The molecule has 0 aliphatic carbocycles. The highest BCUT2D eigenvalue weighted by atomic mass is 16.3. The summed E-state index contributed by atoms with van der Waals surface area (Å²) in [4.78, 5) is 30.7. The Balaban J connectivity index is 3.82. The van der Waals surface area contributed by atoms with E-state index in [0.29, 0.717) is 26.2 Å². The highest BCUT2D eigenvalue weighted by Crippen LogP contribution is 2.11. The largest absolute Gasteiger partial charge is 0.382 e. The molecule has 2 amide bonds. The van der Waals surface area contributed by atoms with E-state index in [0.717, 1.165) is 51.9 Å². The van der Waals surface area contributed by atoms with E-state index in [4.69, 9.17) is 0 Å². The number of nitrogens with zero attached hydrogens (tertiary/aromatic N) is 3. The quantitative estimate of drug-likeness (QED) is 0.0671. The second kappa shape index (κ2) is 32.3.